The first kappa shape index (κ1) is 21.8. The van der Waals surface area contributed by atoms with Crippen molar-refractivity contribution in [1.29, 1.82) is 5.26 Å². The van der Waals surface area contributed by atoms with Crippen molar-refractivity contribution < 1.29 is 13.6 Å². The Labute approximate surface area is 188 Å². The molecule has 3 heterocycles. The zero-order chi connectivity index (χ0) is 23.5. The molecule has 1 aromatic carbocycles. The molecule has 0 radical (unpaired) electrons. The summed E-state index contributed by atoms with van der Waals surface area (Å²) in [6.45, 7) is 3.56. The molecule has 9 heteroatoms. The molecule has 0 saturated carbocycles. The first-order valence-corrected chi connectivity index (χ1v) is 9.99. The summed E-state index contributed by atoms with van der Waals surface area (Å²) in [5, 5.41) is 16.0. The number of nitrogens with zero attached hydrogens (tertiary/aromatic N) is 5. The molecule has 3 aromatic heterocycles. The van der Waals surface area contributed by atoms with Gasteiger partial charge in [0.15, 0.2) is 11.5 Å². The summed E-state index contributed by atoms with van der Waals surface area (Å²) < 4.78 is 30.4. The molecule has 7 nitrogen and oxygen atoms in total. The SMILES string of the molecule is Cc1nn(-c2cnc(C#N)c(F)c2)c(C)c1-c1ccc(CNC(=O)c2ccccn2)c(F)c1. The van der Waals surface area contributed by atoms with E-state index in [9.17, 15) is 13.6 Å². The van der Waals surface area contributed by atoms with Crippen molar-refractivity contribution in [1.82, 2.24) is 25.1 Å². The highest BCUT2D eigenvalue weighted by Gasteiger charge is 2.18. The zero-order valence-electron chi connectivity index (χ0n) is 17.8. The minimum Gasteiger partial charge on any atom is -0.347 e. The first-order chi connectivity index (χ1) is 15.9. The molecule has 4 rings (SSSR count). The van der Waals surface area contributed by atoms with Crippen molar-refractivity contribution in [3.05, 3.63) is 94.8 Å². The molecule has 0 unspecified atom stereocenters. The van der Waals surface area contributed by atoms with Crippen molar-refractivity contribution in [2.24, 2.45) is 0 Å². The van der Waals surface area contributed by atoms with Crippen LogP contribution in [0.15, 0.2) is 54.9 Å². The van der Waals surface area contributed by atoms with Crippen molar-refractivity contribution >= 4 is 5.91 Å². The molecule has 1 N–H and O–H groups in total. The Morgan fingerprint density at radius 2 is 1.94 bits per heavy atom. The summed E-state index contributed by atoms with van der Waals surface area (Å²) >= 11 is 0. The number of nitriles is 1. The van der Waals surface area contributed by atoms with Crippen LogP contribution < -0.4 is 5.32 Å². The lowest BCUT2D eigenvalue weighted by atomic mass is 10.0. The molecule has 0 bridgehead atoms. The first-order valence-electron chi connectivity index (χ1n) is 9.99. The van der Waals surface area contributed by atoms with E-state index in [0.717, 1.165) is 0 Å². The molecule has 4 aromatic rings. The highest BCUT2D eigenvalue weighted by molar-refractivity contribution is 5.92. The molecule has 0 aliphatic rings. The van der Waals surface area contributed by atoms with E-state index in [-0.39, 0.29) is 17.9 Å². The second-order valence-electron chi connectivity index (χ2n) is 7.30. The third kappa shape index (κ3) is 4.32. The van der Waals surface area contributed by atoms with Gasteiger partial charge < -0.3 is 5.32 Å². The van der Waals surface area contributed by atoms with E-state index in [1.165, 1.54) is 29.2 Å². The van der Waals surface area contributed by atoms with Crippen LogP contribution in [0.5, 0.6) is 0 Å². The summed E-state index contributed by atoms with van der Waals surface area (Å²) in [7, 11) is 0. The third-order valence-corrected chi connectivity index (χ3v) is 5.15. The van der Waals surface area contributed by atoms with Gasteiger partial charge in [-0.1, -0.05) is 18.2 Å². The number of carbonyl (C=O) groups is 1. The zero-order valence-corrected chi connectivity index (χ0v) is 17.8. The average molecular weight is 444 g/mol. The Balaban J connectivity index is 1.59. The molecule has 0 aliphatic carbocycles. The van der Waals surface area contributed by atoms with E-state index in [4.69, 9.17) is 5.26 Å². The Hall–Kier alpha value is -4.45. The van der Waals surface area contributed by atoms with Crippen LogP contribution in [0.25, 0.3) is 16.8 Å². The van der Waals surface area contributed by atoms with Crippen molar-refractivity contribution in [2.75, 3.05) is 0 Å². The van der Waals surface area contributed by atoms with E-state index < -0.39 is 17.5 Å². The fourth-order valence-electron chi connectivity index (χ4n) is 3.55. The van der Waals surface area contributed by atoms with Crippen molar-refractivity contribution in [3.8, 4) is 22.9 Å². The van der Waals surface area contributed by atoms with Gasteiger partial charge in [0.25, 0.3) is 5.91 Å². The summed E-state index contributed by atoms with van der Waals surface area (Å²) in [5.41, 5.74) is 3.20. The van der Waals surface area contributed by atoms with Gasteiger partial charge in [0.2, 0.25) is 0 Å². The van der Waals surface area contributed by atoms with Gasteiger partial charge in [-0.25, -0.2) is 18.4 Å². The highest BCUT2D eigenvalue weighted by Crippen LogP contribution is 2.30. The van der Waals surface area contributed by atoms with E-state index >= 15 is 0 Å². The van der Waals surface area contributed by atoms with Crippen molar-refractivity contribution in [2.45, 2.75) is 20.4 Å². The Kier molecular flexibility index (Phi) is 5.91. The summed E-state index contributed by atoms with van der Waals surface area (Å²) in [6.07, 6.45) is 2.87. The van der Waals surface area contributed by atoms with Crippen molar-refractivity contribution in [3.63, 3.8) is 0 Å². The smallest absolute Gasteiger partial charge is 0.270 e. The second-order valence-corrected chi connectivity index (χ2v) is 7.30. The topological polar surface area (TPSA) is 96.5 Å². The van der Waals surface area contributed by atoms with Crippen LogP contribution in [-0.2, 0) is 6.54 Å². The lowest BCUT2D eigenvalue weighted by Gasteiger charge is -2.09. The van der Waals surface area contributed by atoms with Crippen LogP contribution in [-0.4, -0.2) is 25.7 Å². The molecule has 0 aliphatic heterocycles. The Morgan fingerprint density at radius 1 is 1.12 bits per heavy atom. The molecule has 0 atom stereocenters. The molecular formula is C24H18F2N6O. The summed E-state index contributed by atoms with van der Waals surface area (Å²) in [6, 6.07) is 12.6. The van der Waals surface area contributed by atoms with Gasteiger partial charge >= 0.3 is 0 Å². The predicted molar refractivity (Wildman–Crippen MR) is 116 cm³/mol. The number of benzene rings is 1. The fourth-order valence-corrected chi connectivity index (χ4v) is 3.55. The number of halogens is 2. The van der Waals surface area contributed by atoms with Gasteiger partial charge in [0.05, 0.1) is 17.6 Å². The minimum absolute atomic E-state index is 0.00886. The maximum atomic E-state index is 14.8. The number of rotatable bonds is 5. The molecule has 164 valence electrons. The average Bonchev–Trinajstić information content (AvgIpc) is 3.12. The summed E-state index contributed by atoms with van der Waals surface area (Å²) in [4.78, 5) is 19.9. The van der Waals surface area contributed by atoms with Crippen LogP contribution in [0.3, 0.4) is 0 Å². The number of hydrogen-bond donors (Lipinski definition) is 1. The van der Waals surface area contributed by atoms with Gasteiger partial charge in [0.1, 0.15) is 17.6 Å². The standard InChI is InChI=1S/C24H18F2N6O/c1-14-23(15(2)32(31-14)18-10-20(26)22(11-27)29-13-18)16-6-7-17(19(25)9-16)12-30-24(33)21-5-3-4-8-28-21/h3-10,13H,12H2,1-2H3,(H,30,33). The molecule has 1 amide bonds. The third-order valence-electron chi connectivity index (χ3n) is 5.15. The second kappa shape index (κ2) is 8.96. The molecule has 33 heavy (non-hydrogen) atoms. The lowest BCUT2D eigenvalue weighted by molar-refractivity contribution is 0.0945. The fraction of sp³-hybridized carbons (Fsp3) is 0.125. The van der Waals surface area contributed by atoms with E-state index in [0.29, 0.717) is 33.8 Å². The van der Waals surface area contributed by atoms with Crippen LogP contribution >= 0.6 is 0 Å². The van der Waals surface area contributed by atoms with Crippen LogP contribution in [0.2, 0.25) is 0 Å². The van der Waals surface area contributed by atoms with Crippen LogP contribution in [0.4, 0.5) is 8.78 Å². The number of aryl methyl sites for hydroxylation is 1. The number of carbonyl (C=O) groups excluding carboxylic acids is 1. The molecule has 0 spiro atoms. The Morgan fingerprint density at radius 3 is 2.61 bits per heavy atom. The Bertz CT molecular complexity index is 1390. The molecule has 0 fully saturated rings. The van der Waals surface area contributed by atoms with Crippen LogP contribution in [0, 0.1) is 36.8 Å². The monoisotopic (exact) mass is 444 g/mol. The maximum absolute atomic E-state index is 14.8. The van der Waals surface area contributed by atoms with E-state index in [1.54, 1.807) is 50.2 Å². The number of amides is 1. The quantitative estimate of drug-likeness (QED) is 0.501. The maximum Gasteiger partial charge on any atom is 0.270 e. The van der Waals surface area contributed by atoms with Gasteiger partial charge in [-0.15, -0.1) is 0 Å². The molecular weight excluding hydrogens is 426 g/mol. The lowest BCUT2D eigenvalue weighted by Crippen LogP contribution is -2.24. The van der Waals surface area contributed by atoms with Gasteiger partial charge in [-0.05, 0) is 37.6 Å². The van der Waals surface area contributed by atoms with Gasteiger partial charge in [-0.3, -0.25) is 9.78 Å². The summed E-state index contributed by atoms with van der Waals surface area (Å²) in [5.74, 6) is -1.62. The number of aromatic nitrogens is 4. The molecule has 0 saturated heterocycles. The number of pyridine rings is 2. The van der Waals surface area contributed by atoms with E-state index in [1.807, 2.05) is 0 Å². The van der Waals surface area contributed by atoms with Gasteiger partial charge in [-0.2, -0.15) is 10.4 Å². The normalized spacial score (nSPS) is 10.6. The van der Waals surface area contributed by atoms with Gasteiger partial charge in [0, 0.05) is 35.6 Å². The van der Waals surface area contributed by atoms with E-state index in [2.05, 4.69) is 20.4 Å². The van der Waals surface area contributed by atoms with Crippen LogP contribution in [0.1, 0.15) is 33.1 Å². The largest absolute Gasteiger partial charge is 0.347 e. The number of nitrogens with one attached hydrogen (secondary N) is 1. The minimum atomic E-state index is -0.743. The highest BCUT2D eigenvalue weighted by atomic mass is 19.1. The number of hydrogen-bond acceptors (Lipinski definition) is 5. The predicted octanol–water partition coefficient (Wildman–Crippen LogP) is 4.03.